The summed E-state index contributed by atoms with van der Waals surface area (Å²) in [7, 11) is 2.43. The Kier molecular flexibility index (Phi) is 14.4. The number of aromatic nitrogens is 3. The lowest BCUT2D eigenvalue weighted by Crippen LogP contribution is -2.45. The predicted molar refractivity (Wildman–Crippen MR) is 245 cm³/mol. The van der Waals surface area contributed by atoms with Crippen LogP contribution in [0.1, 0.15) is 77.4 Å². The summed E-state index contributed by atoms with van der Waals surface area (Å²) in [6.45, 7) is 11.4. The van der Waals surface area contributed by atoms with E-state index >= 15 is 0 Å². The van der Waals surface area contributed by atoms with Gasteiger partial charge in [0, 0.05) is 56.9 Å². The van der Waals surface area contributed by atoms with E-state index in [1.165, 1.54) is 20.3 Å². The first-order chi connectivity index (χ1) is 32.1. The molecular weight excluding hydrogens is 885 g/mol. The molecule has 3 aromatic heterocycles. The second kappa shape index (κ2) is 19.8. The van der Waals surface area contributed by atoms with Crippen LogP contribution < -0.4 is 32.0 Å². The number of aromatic amines is 3. The topological polar surface area (TPSA) is 320 Å². The molecule has 3 aromatic rings. The Hall–Kier alpha value is -8.03. The second-order valence-electron chi connectivity index (χ2n) is 16.9. The number of rotatable bonds is 17. The van der Waals surface area contributed by atoms with E-state index in [9.17, 15) is 58.8 Å². The second-order valence-corrected chi connectivity index (χ2v) is 16.9. The molecular formula is C48H52N6O14. The van der Waals surface area contributed by atoms with Crippen molar-refractivity contribution in [1.29, 1.82) is 0 Å². The van der Waals surface area contributed by atoms with Crippen molar-refractivity contribution in [2.75, 3.05) is 14.2 Å². The Labute approximate surface area is 387 Å². The fourth-order valence-electron chi connectivity index (χ4n) is 9.16. The van der Waals surface area contributed by atoms with Crippen molar-refractivity contribution in [1.82, 2.24) is 25.6 Å². The highest BCUT2D eigenvalue weighted by Crippen LogP contribution is 2.51. The molecule has 5 atom stereocenters. The van der Waals surface area contributed by atoms with Crippen LogP contribution in [0.5, 0.6) is 0 Å². The minimum atomic E-state index is -1.69. The maximum atomic E-state index is 13.9. The van der Waals surface area contributed by atoms with E-state index in [4.69, 9.17) is 14.5 Å². The number of hydrogen-bond acceptors (Lipinski definition) is 11. The molecule has 2 amide bonds. The van der Waals surface area contributed by atoms with Crippen molar-refractivity contribution < 1.29 is 68.3 Å². The summed E-state index contributed by atoms with van der Waals surface area (Å²) in [5.41, 5.74) is 5.04. The van der Waals surface area contributed by atoms with Crippen LogP contribution >= 0.6 is 0 Å². The lowest BCUT2D eigenvalue weighted by molar-refractivity contribution is -0.149. The van der Waals surface area contributed by atoms with E-state index in [1.54, 1.807) is 38.2 Å². The van der Waals surface area contributed by atoms with Gasteiger partial charge >= 0.3 is 35.8 Å². The van der Waals surface area contributed by atoms with E-state index in [2.05, 4.69) is 32.2 Å². The number of carbonyl (C=O) groups excluding carboxylic acids is 4. The van der Waals surface area contributed by atoms with Gasteiger partial charge in [-0.05, 0) is 98.2 Å². The number of carbonyl (C=O) groups is 8. The van der Waals surface area contributed by atoms with E-state index in [1.807, 2.05) is 26.0 Å². The summed E-state index contributed by atoms with van der Waals surface area (Å²) in [6.07, 6.45) is 10.1. The average Bonchev–Trinajstić information content (AvgIpc) is 3.93. The zero-order valence-corrected chi connectivity index (χ0v) is 38.1. The first kappa shape index (κ1) is 49.4. The van der Waals surface area contributed by atoms with Crippen molar-refractivity contribution in [2.24, 2.45) is 16.3 Å². The van der Waals surface area contributed by atoms with Gasteiger partial charge in [-0.15, -0.1) is 0 Å². The first-order valence-corrected chi connectivity index (χ1v) is 21.4. The third-order valence-electron chi connectivity index (χ3n) is 12.8. The van der Waals surface area contributed by atoms with Gasteiger partial charge in [-0.1, -0.05) is 24.8 Å². The Morgan fingerprint density at radius 1 is 0.735 bits per heavy atom. The number of amides is 2. The number of H-pyrrole nitrogens is 3. The van der Waals surface area contributed by atoms with E-state index in [-0.39, 0.29) is 31.3 Å². The van der Waals surface area contributed by atoms with Crippen LogP contribution in [0.3, 0.4) is 0 Å². The summed E-state index contributed by atoms with van der Waals surface area (Å²) in [4.78, 5) is 116. The highest BCUT2D eigenvalue weighted by atomic mass is 16.5. The smallest absolute Gasteiger partial charge is 0.334 e. The number of nitrogens with one attached hydrogen (secondary N) is 5. The van der Waals surface area contributed by atoms with Crippen LogP contribution in [0.4, 0.5) is 0 Å². The monoisotopic (exact) mass is 936 g/mol. The van der Waals surface area contributed by atoms with Gasteiger partial charge in [0.2, 0.25) is 11.8 Å². The fraction of sp³-hybridized carbons (Fsp3) is 0.354. The molecule has 20 heteroatoms. The number of aliphatic carboxylic acids is 4. The molecule has 3 aliphatic rings. The van der Waals surface area contributed by atoms with Crippen molar-refractivity contribution in [2.45, 2.75) is 84.3 Å². The number of esters is 2. The molecule has 0 aromatic carbocycles. The molecule has 2 aliphatic heterocycles. The van der Waals surface area contributed by atoms with Gasteiger partial charge < -0.3 is 55.5 Å². The van der Waals surface area contributed by atoms with Crippen LogP contribution in [0.2, 0.25) is 0 Å². The van der Waals surface area contributed by atoms with Crippen molar-refractivity contribution >= 4 is 83.7 Å². The van der Waals surface area contributed by atoms with Crippen LogP contribution in [-0.4, -0.2) is 121 Å². The summed E-state index contributed by atoms with van der Waals surface area (Å²) in [6, 6.07) is -4.04. The summed E-state index contributed by atoms with van der Waals surface area (Å²) in [5, 5.41) is 44.5. The number of methoxy groups -OCH3 is 2. The number of carboxylic acid groups (broad SMARTS) is 4. The molecule has 0 fully saturated rings. The third kappa shape index (κ3) is 9.74. The Morgan fingerprint density at radius 2 is 1.31 bits per heavy atom. The number of carboxylic acids is 4. The number of allylic oxidation sites excluding steroid dienone is 2. The maximum absolute atomic E-state index is 13.9. The lowest BCUT2D eigenvalue weighted by Gasteiger charge is -2.37. The molecule has 5 heterocycles. The molecule has 0 saturated carbocycles. The minimum absolute atomic E-state index is 0.00204. The van der Waals surface area contributed by atoms with Gasteiger partial charge in [-0.25, -0.2) is 14.4 Å². The van der Waals surface area contributed by atoms with Crippen LogP contribution in [0.25, 0.3) is 30.4 Å². The number of fused-ring (bicyclic) bond motifs is 10. The lowest BCUT2D eigenvalue weighted by atomic mass is 9.63. The maximum Gasteiger partial charge on any atom is 0.334 e. The molecule has 0 radical (unpaired) electrons. The van der Waals surface area contributed by atoms with Gasteiger partial charge in [0.1, 0.15) is 18.0 Å². The normalized spacial score (nSPS) is 20.8. The van der Waals surface area contributed by atoms with Crippen LogP contribution in [-0.2, 0) is 60.7 Å². The van der Waals surface area contributed by atoms with Crippen molar-refractivity contribution in [3.8, 4) is 0 Å². The van der Waals surface area contributed by atoms with Crippen LogP contribution in [0, 0.1) is 32.1 Å². The molecule has 358 valence electrons. The summed E-state index contributed by atoms with van der Waals surface area (Å²) in [5.74, 6) is -9.97. The number of ether oxygens (including phenoxy) is 2. The Bertz CT molecular complexity index is 3030. The molecule has 0 saturated heterocycles. The van der Waals surface area contributed by atoms with Gasteiger partial charge in [-0.2, -0.15) is 0 Å². The summed E-state index contributed by atoms with van der Waals surface area (Å²) >= 11 is 0. The molecule has 8 bridgehead atoms. The molecule has 0 spiro atoms. The van der Waals surface area contributed by atoms with E-state index < -0.39 is 89.9 Å². The average molecular weight is 937 g/mol. The molecule has 68 heavy (non-hydrogen) atoms. The molecule has 6 rings (SSSR count). The largest absolute Gasteiger partial charge is 0.481 e. The SMILES string of the molecule is C=Cc1c(C)/c2[nH]/c1=C\c1[nH]c(c(CCC(=O)N[C@@H](CC(=O)O)C(=O)O)c1C)/C=c1\[nH]/c(c(C)c1CCC(=O)N[C@@H](CC(=O)O)C(=O)O)=C\C1=NC(\C=2)C2=CC=C(C(=O)OC)[C@@H](C(=O)OC)[C@]21C. The molecule has 1 unspecified atom stereocenters. The van der Waals surface area contributed by atoms with E-state index in [0.29, 0.717) is 66.3 Å². The highest BCUT2D eigenvalue weighted by molar-refractivity contribution is 6.20. The van der Waals surface area contributed by atoms with Crippen molar-refractivity contribution in [3.05, 3.63) is 96.0 Å². The van der Waals surface area contributed by atoms with E-state index in [0.717, 1.165) is 11.1 Å². The third-order valence-corrected chi connectivity index (χ3v) is 12.8. The van der Waals surface area contributed by atoms with Crippen LogP contribution in [0.15, 0.2) is 34.9 Å². The Morgan fingerprint density at radius 3 is 1.85 bits per heavy atom. The summed E-state index contributed by atoms with van der Waals surface area (Å²) < 4.78 is 10.4. The number of aliphatic imine (C=N–C) groups is 1. The van der Waals surface area contributed by atoms with Crippen molar-refractivity contribution in [3.63, 3.8) is 0 Å². The first-order valence-electron chi connectivity index (χ1n) is 21.4. The van der Waals surface area contributed by atoms with Gasteiger partial charge in [0.05, 0.1) is 44.1 Å². The fourth-order valence-corrected chi connectivity index (χ4v) is 9.16. The van der Waals surface area contributed by atoms with Gasteiger partial charge in [-0.3, -0.25) is 29.0 Å². The molecule has 20 nitrogen and oxygen atoms in total. The minimum Gasteiger partial charge on any atom is -0.481 e. The highest BCUT2D eigenvalue weighted by Gasteiger charge is 2.55. The molecule has 1 aliphatic carbocycles. The predicted octanol–water partition coefficient (Wildman–Crippen LogP) is 0.0829. The molecule has 9 N–H and O–H groups in total. The Balaban J connectivity index is 1.61. The zero-order chi connectivity index (χ0) is 49.9. The standard InChI is InChI=1S/C48H52N6O14/c1-8-24-21(2)30-16-35-28-12-9-27(46(65)67-6)43(47(66)68-7)48(28,5)38(52-35)18-31-23(4)26(11-14-40(56)54-37(45(63)64)20-42(59)60)34(51-31)17-33-25(22(3)29(50-33)15-32(24)49-30)10-13-39(55)53-36(44(61)62)19-41(57)58/h8-9,12,15-18,35-37,43,49-51H,1,10-11,13-14,19-20H2,2-7H3,(H,53,55)(H,54,56)(H,57,58)(H,59,60)(H,61,62)(H,63,64)/b30-16-,31-18-,32-15-,34-17-/t35?,36-,37-,43-,48+/m0/s1. The van der Waals surface area contributed by atoms with Gasteiger partial charge in [0.25, 0.3) is 0 Å². The number of hydrogen-bond donors (Lipinski definition) is 9. The number of nitrogens with zero attached hydrogens (tertiary/aromatic N) is 1. The quantitative estimate of drug-likeness (QED) is 0.0811. The van der Waals surface area contributed by atoms with Gasteiger partial charge in [0.15, 0.2) is 0 Å². The zero-order valence-electron chi connectivity index (χ0n) is 38.1.